The maximum absolute atomic E-state index is 13.1. The topological polar surface area (TPSA) is 24.9 Å². The number of pyridine rings is 1. The smallest absolute Gasteiger partial charge is 0.141 e. The van der Waals surface area contributed by atoms with E-state index < -0.39 is 0 Å². The molecule has 2 nitrogen and oxygen atoms in total. The van der Waals surface area contributed by atoms with Gasteiger partial charge < -0.3 is 5.32 Å². The third-order valence-corrected chi connectivity index (χ3v) is 4.85. The van der Waals surface area contributed by atoms with Crippen molar-refractivity contribution < 1.29 is 4.39 Å². The Labute approximate surface area is 113 Å². The summed E-state index contributed by atoms with van der Waals surface area (Å²) in [6.07, 6.45) is 6.82. The molecule has 3 unspecified atom stereocenters. The van der Waals surface area contributed by atoms with Gasteiger partial charge in [0.2, 0.25) is 0 Å². The fourth-order valence-electron chi connectivity index (χ4n) is 2.61. The van der Waals surface area contributed by atoms with Crippen molar-refractivity contribution in [2.45, 2.75) is 50.4 Å². The van der Waals surface area contributed by atoms with Crippen LogP contribution in [-0.4, -0.2) is 22.0 Å². The van der Waals surface area contributed by atoms with Gasteiger partial charge in [0.1, 0.15) is 5.82 Å². The summed E-state index contributed by atoms with van der Waals surface area (Å²) in [7, 11) is 0. The molecule has 18 heavy (non-hydrogen) atoms. The zero-order valence-corrected chi connectivity index (χ0v) is 11.8. The van der Waals surface area contributed by atoms with Gasteiger partial charge in [0, 0.05) is 23.5 Å². The van der Waals surface area contributed by atoms with Crippen LogP contribution < -0.4 is 5.32 Å². The van der Waals surface area contributed by atoms with Crippen molar-refractivity contribution in [2.75, 3.05) is 5.75 Å². The first-order valence-corrected chi connectivity index (χ1v) is 7.73. The van der Waals surface area contributed by atoms with Gasteiger partial charge in [0.15, 0.2) is 0 Å². The van der Waals surface area contributed by atoms with Crippen LogP contribution in [0.15, 0.2) is 18.5 Å². The van der Waals surface area contributed by atoms with Crippen LogP contribution in [-0.2, 0) is 0 Å². The number of hydrogen-bond donors (Lipinski definition) is 1. The Kier molecular flexibility index (Phi) is 5.01. The second-order valence-electron chi connectivity index (χ2n) is 4.86. The molecule has 4 heteroatoms. The fourth-order valence-corrected chi connectivity index (χ4v) is 3.82. The van der Waals surface area contributed by atoms with Crippen LogP contribution in [0.2, 0.25) is 0 Å². The first kappa shape index (κ1) is 13.8. The first-order valence-electron chi connectivity index (χ1n) is 6.68. The van der Waals surface area contributed by atoms with E-state index in [1.54, 1.807) is 12.3 Å². The molecular formula is C14H21FN2S. The van der Waals surface area contributed by atoms with Crippen molar-refractivity contribution in [2.24, 2.45) is 0 Å². The minimum absolute atomic E-state index is 0.163. The lowest BCUT2D eigenvalue weighted by Crippen LogP contribution is -2.36. The molecule has 0 radical (unpaired) electrons. The van der Waals surface area contributed by atoms with Gasteiger partial charge in [-0.1, -0.05) is 13.3 Å². The largest absolute Gasteiger partial charge is 0.306 e. The van der Waals surface area contributed by atoms with Gasteiger partial charge in [0.25, 0.3) is 0 Å². The molecule has 0 aromatic carbocycles. The van der Waals surface area contributed by atoms with Crippen LogP contribution in [0.4, 0.5) is 4.39 Å². The molecule has 0 saturated heterocycles. The Hall–Kier alpha value is -0.610. The summed E-state index contributed by atoms with van der Waals surface area (Å²) in [6, 6.07) is 2.28. The summed E-state index contributed by atoms with van der Waals surface area (Å²) in [5, 5.41) is 4.34. The second-order valence-corrected chi connectivity index (χ2v) is 6.37. The maximum Gasteiger partial charge on any atom is 0.141 e. The average molecular weight is 268 g/mol. The molecule has 1 aromatic heterocycles. The lowest BCUT2D eigenvalue weighted by molar-refractivity contribution is 0.464. The Bertz CT molecular complexity index is 386. The number of nitrogens with zero attached hydrogens (tertiary/aromatic N) is 1. The molecule has 1 aliphatic carbocycles. The lowest BCUT2D eigenvalue weighted by atomic mass is 10.1. The van der Waals surface area contributed by atoms with E-state index in [1.807, 2.05) is 11.8 Å². The van der Waals surface area contributed by atoms with Gasteiger partial charge >= 0.3 is 0 Å². The van der Waals surface area contributed by atoms with Gasteiger partial charge in [-0.3, -0.25) is 4.98 Å². The monoisotopic (exact) mass is 268 g/mol. The number of hydrogen-bond acceptors (Lipinski definition) is 3. The van der Waals surface area contributed by atoms with E-state index in [9.17, 15) is 4.39 Å². The summed E-state index contributed by atoms with van der Waals surface area (Å²) in [5.74, 6) is 0.908. The van der Waals surface area contributed by atoms with Gasteiger partial charge in [-0.15, -0.1) is 0 Å². The molecule has 1 aliphatic rings. The highest BCUT2D eigenvalue weighted by Crippen LogP contribution is 2.31. The number of aromatic nitrogens is 1. The quantitative estimate of drug-likeness (QED) is 0.884. The van der Waals surface area contributed by atoms with Gasteiger partial charge in [0.05, 0.1) is 6.20 Å². The zero-order chi connectivity index (χ0) is 13.0. The van der Waals surface area contributed by atoms with Crippen molar-refractivity contribution in [3.63, 3.8) is 0 Å². The standard InChI is InChI=1S/C14H21FN2S/c1-3-18-14-6-4-5-13(14)17-10(2)11-7-12(15)9-16-8-11/h7-10,13-14,17H,3-6H2,1-2H3. The third-order valence-electron chi connectivity index (χ3n) is 3.52. The van der Waals surface area contributed by atoms with E-state index in [2.05, 4.69) is 24.1 Å². The highest BCUT2D eigenvalue weighted by molar-refractivity contribution is 7.99. The first-order chi connectivity index (χ1) is 8.70. The average Bonchev–Trinajstić information content (AvgIpc) is 2.77. The molecule has 0 bridgehead atoms. The van der Waals surface area contributed by atoms with Crippen molar-refractivity contribution in [3.8, 4) is 0 Å². The molecule has 0 aliphatic heterocycles. The van der Waals surface area contributed by atoms with E-state index in [4.69, 9.17) is 0 Å². The summed E-state index contributed by atoms with van der Waals surface area (Å²) >= 11 is 2.04. The Morgan fingerprint density at radius 3 is 3.06 bits per heavy atom. The molecule has 100 valence electrons. The molecule has 2 rings (SSSR count). The lowest BCUT2D eigenvalue weighted by Gasteiger charge is -2.24. The van der Waals surface area contributed by atoms with E-state index in [0.717, 1.165) is 5.56 Å². The van der Waals surface area contributed by atoms with Crippen LogP contribution in [0.1, 0.15) is 44.7 Å². The molecule has 3 atom stereocenters. The zero-order valence-electron chi connectivity index (χ0n) is 11.0. The summed E-state index contributed by atoms with van der Waals surface area (Å²) in [4.78, 5) is 3.92. The van der Waals surface area contributed by atoms with E-state index >= 15 is 0 Å². The van der Waals surface area contributed by atoms with Crippen LogP contribution in [0.5, 0.6) is 0 Å². The Balaban J connectivity index is 1.96. The molecular weight excluding hydrogens is 247 g/mol. The van der Waals surface area contributed by atoms with Crippen molar-refractivity contribution >= 4 is 11.8 Å². The van der Waals surface area contributed by atoms with Crippen molar-refractivity contribution in [3.05, 3.63) is 29.8 Å². The molecule has 1 saturated carbocycles. The van der Waals surface area contributed by atoms with E-state index in [-0.39, 0.29) is 11.9 Å². The predicted molar refractivity (Wildman–Crippen MR) is 75.3 cm³/mol. The van der Waals surface area contributed by atoms with Gasteiger partial charge in [-0.05, 0) is 37.1 Å². The van der Waals surface area contributed by atoms with Crippen LogP contribution in [0.3, 0.4) is 0 Å². The van der Waals surface area contributed by atoms with Crippen molar-refractivity contribution in [1.29, 1.82) is 0 Å². The molecule has 1 N–H and O–H groups in total. The number of halogens is 1. The maximum atomic E-state index is 13.1. The molecule has 1 fully saturated rings. The third kappa shape index (κ3) is 3.45. The molecule has 0 spiro atoms. The van der Waals surface area contributed by atoms with E-state index in [1.165, 1.54) is 31.2 Å². The normalized spacial score (nSPS) is 25.3. The highest BCUT2D eigenvalue weighted by Gasteiger charge is 2.28. The molecule has 0 amide bonds. The summed E-state index contributed by atoms with van der Waals surface area (Å²) in [6.45, 7) is 4.29. The fraction of sp³-hybridized carbons (Fsp3) is 0.643. The second kappa shape index (κ2) is 6.53. The van der Waals surface area contributed by atoms with Crippen LogP contribution in [0, 0.1) is 5.82 Å². The molecule has 1 aromatic rings. The SMILES string of the molecule is CCSC1CCCC1NC(C)c1cncc(F)c1. The summed E-state index contributed by atoms with van der Waals surface area (Å²) in [5.41, 5.74) is 0.933. The number of rotatable bonds is 5. The predicted octanol–water partition coefficient (Wildman–Crippen LogP) is 3.55. The van der Waals surface area contributed by atoms with Gasteiger partial charge in [-0.2, -0.15) is 11.8 Å². The van der Waals surface area contributed by atoms with Crippen molar-refractivity contribution in [1.82, 2.24) is 10.3 Å². The summed E-state index contributed by atoms with van der Waals surface area (Å²) < 4.78 is 13.1. The number of nitrogens with one attached hydrogen (secondary N) is 1. The Morgan fingerprint density at radius 1 is 1.50 bits per heavy atom. The minimum atomic E-state index is -0.257. The van der Waals surface area contributed by atoms with Gasteiger partial charge in [-0.25, -0.2) is 4.39 Å². The van der Waals surface area contributed by atoms with Crippen LogP contribution in [0.25, 0.3) is 0 Å². The Morgan fingerprint density at radius 2 is 2.33 bits per heavy atom. The van der Waals surface area contributed by atoms with Crippen LogP contribution >= 0.6 is 11.8 Å². The van der Waals surface area contributed by atoms with E-state index in [0.29, 0.717) is 11.3 Å². The number of thioether (sulfide) groups is 1. The highest BCUT2D eigenvalue weighted by atomic mass is 32.2. The minimum Gasteiger partial charge on any atom is -0.306 e. The molecule has 1 heterocycles.